The molecule has 1 heterocycles. The molecule has 1 aromatic carbocycles. The largest absolute Gasteiger partial charge is 0.332 e. The van der Waals surface area contributed by atoms with Crippen LogP contribution in [0.3, 0.4) is 0 Å². The molecule has 2 rings (SSSR count). The lowest BCUT2D eigenvalue weighted by molar-refractivity contribution is 0.552. The highest BCUT2D eigenvalue weighted by molar-refractivity contribution is 7.86. The molecule has 0 radical (unpaired) electrons. The Morgan fingerprint density at radius 3 is 2.75 bits per heavy atom. The highest BCUT2D eigenvalue weighted by atomic mass is 32.3. The van der Waals surface area contributed by atoms with Gasteiger partial charge in [0.25, 0.3) is 0 Å². The normalized spacial score (nSPS) is 13.5. The van der Waals surface area contributed by atoms with E-state index in [1.165, 1.54) is 29.5 Å². The minimum Gasteiger partial charge on any atom is -0.320 e. The number of hydrogen-bond donors (Lipinski definition) is 1. The molecule has 0 saturated heterocycles. The summed E-state index contributed by atoms with van der Waals surface area (Å²) in [6, 6.07) is 4.01. The first-order valence-corrected chi connectivity index (χ1v) is 6.41. The zero-order chi connectivity index (χ0) is 11.9. The van der Waals surface area contributed by atoms with Crippen molar-refractivity contribution in [1.82, 2.24) is 4.57 Å². The Labute approximate surface area is 94.8 Å². The van der Waals surface area contributed by atoms with Gasteiger partial charge in [-0.3, -0.25) is 0 Å². The molecule has 0 unspecified atom stereocenters. The summed E-state index contributed by atoms with van der Waals surface area (Å²) in [6.45, 7) is 0. The summed E-state index contributed by atoms with van der Waals surface area (Å²) in [5.74, 6) is 5.16. The number of fused-ring (bicyclic) bond motifs is 1. The standard InChI is InChI=1S/C8H8FN3O2S2/c1-12-6-4-5(16(9,13)14)2-3-7(6)15-8(12)11-10/h2-4H,10H2,1H3/b11-8+. The number of nitrogens with zero attached hydrogens (tertiary/aromatic N) is 2. The first-order chi connectivity index (χ1) is 7.43. The van der Waals surface area contributed by atoms with Gasteiger partial charge in [-0.05, 0) is 18.2 Å². The van der Waals surface area contributed by atoms with E-state index in [4.69, 9.17) is 5.84 Å². The van der Waals surface area contributed by atoms with E-state index in [1.807, 2.05) is 0 Å². The zero-order valence-electron chi connectivity index (χ0n) is 8.21. The highest BCUT2D eigenvalue weighted by Gasteiger charge is 2.13. The summed E-state index contributed by atoms with van der Waals surface area (Å²) >= 11 is 1.30. The molecule has 1 aromatic heterocycles. The Bertz CT molecular complexity index is 714. The predicted molar refractivity (Wildman–Crippen MR) is 58.8 cm³/mol. The van der Waals surface area contributed by atoms with Gasteiger partial charge in [0.15, 0.2) is 0 Å². The SMILES string of the molecule is Cn1/c(=N\N)sc2ccc(S(=O)(=O)F)cc21. The monoisotopic (exact) mass is 261 g/mol. The number of rotatable bonds is 1. The van der Waals surface area contributed by atoms with Crippen LogP contribution >= 0.6 is 11.3 Å². The van der Waals surface area contributed by atoms with Gasteiger partial charge in [0.05, 0.1) is 10.2 Å². The molecule has 0 spiro atoms. The molecular formula is C8H8FN3O2S2. The predicted octanol–water partition coefficient (Wildman–Crippen LogP) is 0.672. The third-order valence-corrected chi connectivity index (χ3v) is 4.12. The number of aryl methyl sites for hydroxylation is 1. The quantitative estimate of drug-likeness (QED) is 0.465. The fourth-order valence-corrected chi connectivity index (χ4v) is 2.78. The van der Waals surface area contributed by atoms with Crippen LogP contribution in [0.15, 0.2) is 28.2 Å². The van der Waals surface area contributed by atoms with E-state index in [0.29, 0.717) is 10.3 Å². The summed E-state index contributed by atoms with van der Waals surface area (Å²) in [6.07, 6.45) is 0. The number of aromatic nitrogens is 1. The van der Waals surface area contributed by atoms with E-state index in [9.17, 15) is 12.3 Å². The molecule has 0 aliphatic carbocycles. The maximum Gasteiger partial charge on any atom is 0.332 e. The smallest absolute Gasteiger partial charge is 0.320 e. The minimum atomic E-state index is -4.68. The third kappa shape index (κ3) is 1.69. The van der Waals surface area contributed by atoms with Gasteiger partial charge in [0.1, 0.15) is 4.90 Å². The van der Waals surface area contributed by atoms with Crippen LogP contribution in [0, 0.1) is 0 Å². The molecular weight excluding hydrogens is 253 g/mol. The number of halogens is 1. The molecule has 0 amide bonds. The molecule has 0 aliphatic heterocycles. The van der Waals surface area contributed by atoms with Gasteiger partial charge in [-0.25, -0.2) is 0 Å². The second-order valence-corrected chi connectivity index (χ2v) is 5.50. The summed E-state index contributed by atoms with van der Waals surface area (Å²) < 4.78 is 36.7. The highest BCUT2D eigenvalue weighted by Crippen LogP contribution is 2.21. The Hall–Kier alpha value is -1.41. The fourth-order valence-electron chi connectivity index (χ4n) is 1.38. The number of nitrogens with two attached hydrogens (primary N) is 1. The van der Waals surface area contributed by atoms with Gasteiger partial charge in [-0.2, -0.15) is 13.5 Å². The van der Waals surface area contributed by atoms with E-state index in [2.05, 4.69) is 5.10 Å². The molecule has 0 aliphatic rings. The van der Waals surface area contributed by atoms with Crippen LogP contribution in [-0.4, -0.2) is 13.0 Å². The zero-order valence-corrected chi connectivity index (χ0v) is 9.85. The summed E-state index contributed by atoms with van der Waals surface area (Å²) in [4.78, 5) is 0.167. The van der Waals surface area contributed by atoms with Crippen LogP contribution in [0.25, 0.3) is 10.2 Å². The summed E-state index contributed by atoms with van der Waals surface area (Å²) in [5.41, 5.74) is 0.577. The van der Waals surface area contributed by atoms with Crippen molar-refractivity contribution in [2.24, 2.45) is 18.0 Å². The van der Waals surface area contributed by atoms with Crippen molar-refractivity contribution in [2.75, 3.05) is 0 Å². The van der Waals surface area contributed by atoms with Crippen molar-refractivity contribution in [3.63, 3.8) is 0 Å². The molecule has 5 nitrogen and oxygen atoms in total. The Balaban J connectivity index is 2.86. The molecule has 86 valence electrons. The Morgan fingerprint density at radius 1 is 1.50 bits per heavy atom. The fraction of sp³-hybridized carbons (Fsp3) is 0.125. The van der Waals surface area contributed by atoms with Gasteiger partial charge in [0, 0.05) is 7.05 Å². The van der Waals surface area contributed by atoms with Crippen molar-refractivity contribution >= 4 is 31.8 Å². The lowest BCUT2D eigenvalue weighted by Crippen LogP contribution is -2.12. The first-order valence-electron chi connectivity index (χ1n) is 4.21. The lowest BCUT2D eigenvalue weighted by Gasteiger charge is -1.97. The lowest BCUT2D eigenvalue weighted by atomic mass is 10.3. The van der Waals surface area contributed by atoms with Crippen LogP contribution in [0.1, 0.15) is 0 Å². The van der Waals surface area contributed by atoms with E-state index in [-0.39, 0.29) is 4.90 Å². The number of hydrogen-bond acceptors (Lipinski definition) is 5. The van der Waals surface area contributed by atoms with Gasteiger partial charge in [-0.1, -0.05) is 11.3 Å². The second kappa shape index (κ2) is 3.56. The van der Waals surface area contributed by atoms with E-state index in [1.54, 1.807) is 11.6 Å². The van der Waals surface area contributed by atoms with Crippen LogP contribution in [0.5, 0.6) is 0 Å². The average Bonchev–Trinajstić information content (AvgIpc) is 2.54. The maximum absolute atomic E-state index is 12.8. The molecule has 2 aromatic rings. The van der Waals surface area contributed by atoms with Gasteiger partial charge in [0.2, 0.25) is 4.80 Å². The number of thiazole rings is 1. The molecule has 2 N–H and O–H groups in total. The maximum atomic E-state index is 12.8. The summed E-state index contributed by atoms with van der Waals surface area (Å²) in [5, 5.41) is 3.54. The minimum absolute atomic E-state index is 0.364. The molecule has 0 fully saturated rings. The van der Waals surface area contributed by atoms with Gasteiger partial charge >= 0.3 is 10.2 Å². The van der Waals surface area contributed by atoms with Crippen LogP contribution < -0.4 is 10.6 Å². The molecule has 16 heavy (non-hydrogen) atoms. The van der Waals surface area contributed by atoms with Crippen molar-refractivity contribution in [3.05, 3.63) is 23.0 Å². The molecule has 8 heteroatoms. The van der Waals surface area contributed by atoms with Gasteiger partial charge < -0.3 is 10.4 Å². The Morgan fingerprint density at radius 2 is 2.19 bits per heavy atom. The van der Waals surface area contributed by atoms with Crippen LogP contribution in [0.4, 0.5) is 3.89 Å². The number of benzene rings is 1. The first kappa shape index (κ1) is 11.1. The van der Waals surface area contributed by atoms with Crippen molar-refractivity contribution in [3.8, 4) is 0 Å². The van der Waals surface area contributed by atoms with Crippen molar-refractivity contribution in [1.29, 1.82) is 0 Å². The summed E-state index contributed by atoms with van der Waals surface area (Å²) in [7, 11) is -3.00. The molecule has 0 saturated carbocycles. The van der Waals surface area contributed by atoms with Crippen LogP contribution in [-0.2, 0) is 17.3 Å². The molecule has 0 bridgehead atoms. The second-order valence-electron chi connectivity index (χ2n) is 3.14. The van der Waals surface area contributed by atoms with E-state index >= 15 is 0 Å². The average molecular weight is 261 g/mol. The third-order valence-electron chi connectivity index (χ3n) is 2.17. The van der Waals surface area contributed by atoms with Gasteiger partial charge in [-0.15, -0.1) is 3.89 Å². The van der Waals surface area contributed by atoms with E-state index in [0.717, 1.165) is 4.70 Å². The Kier molecular flexibility index (Phi) is 2.47. The van der Waals surface area contributed by atoms with Crippen LogP contribution in [0.2, 0.25) is 0 Å². The topological polar surface area (TPSA) is 77.5 Å². The van der Waals surface area contributed by atoms with Crippen molar-refractivity contribution in [2.45, 2.75) is 4.90 Å². The van der Waals surface area contributed by atoms with Crippen molar-refractivity contribution < 1.29 is 12.3 Å². The van der Waals surface area contributed by atoms with E-state index < -0.39 is 10.2 Å². The molecule has 0 atom stereocenters.